The van der Waals surface area contributed by atoms with Gasteiger partial charge in [-0.2, -0.15) is 5.10 Å². The predicted octanol–water partition coefficient (Wildman–Crippen LogP) is 0.758. The van der Waals surface area contributed by atoms with Gasteiger partial charge in [0, 0.05) is 18.5 Å². The first-order valence-electron chi connectivity index (χ1n) is 4.08. The quantitative estimate of drug-likeness (QED) is 0.576. The molecule has 0 saturated heterocycles. The molecule has 15 heavy (non-hydrogen) atoms. The van der Waals surface area contributed by atoms with Gasteiger partial charge in [-0.25, -0.2) is 9.67 Å². The number of pyridine rings is 1. The summed E-state index contributed by atoms with van der Waals surface area (Å²) in [5, 5.41) is 14.5. The fourth-order valence-electron chi connectivity index (χ4n) is 1.15. The molecule has 2 aromatic rings. The lowest BCUT2D eigenvalue weighted by Gasteiger charge is -2.03. The van der Waals surface area contributed by atoms with Crippen LogP contribution >= 0.6 is 0 Å². The standard InChI is InChI=1S/C8H7N5O2/c9-8-7(12-3-1-2-11-12)4-6(5-10-8)13(14)15/h1-5H,(H2,9,10). The van der Waals surface area contributed by atoms with Crippen molar-refractivity contribution in [3.8, 4) is 5.69 Å². The van der Waals surface area contributed by atoms with Gasteiger partial charge in [-0.1, -0.05) is 0 Å². The first-order chi connectivity index (χ1) is 7.18. The number of nitrogens with two attached hydrogens (primary N) is 1. The summed E-state index contributed by atoms with van der Waals surface area (Å²) in [6, 6.07) is 3.02. The zero-order valence-electron chi connectivity index (χ0n) is 7.57. The first kappa shape index (κ1) is 9.13. The number of aromatic nitrogens is 3. The summed E-state index contributed by atoms with van der Waals surface area (Å²) in [4.78, 5) is 13.7. The van der Waals surface area contributed by atoms with Gasteiger partial charge in [0.15, 0.2) is 0 Å². The Kier molecular flexibility index (Phi) is 2.05. The molecule has 0 aromatic carbocycles. The van der Waals surface area contributed by atoms with Crippen LogP contribution in [-0.2, 0) is 0 Å². The molecule has 0 aliphatic carbocycles. The number of hydrogen-bond donors (Lipinski definition) is 1. The highest BCUT2D eigenvalue weighted by molar-refractivity contribution is 5.55. The molecule has 0 fully saturated rings. The van der Waals surface area contributed by atoms with E-state index in [0.717, 1.165) is 6.20 Å². The molecule has 0 saturated carbocycles. The van der Waals surface area contributed by atoms with Crippen LogP contribution in [0, 0.1) is 10.1 Å². The summed E-state index contributed by atoms with van der Waals surface area (Å²) in [7, 11) is 0. The summed E-state index contributed by atoms with van der Waals surface area (Å²) in [5.74, 6) is 0.198. The van der Waals surface area contributed by atoms with E-state index in [4.69, 9.17) is 5.73 Å². The lowest BCUT2D eigenvalue weighted by atomic mass is 10.3. The van der Waals surface area contributed by atoms with Crippen LogP contribution in [0.15, 0.2) is 30.7 Å². The SMILES string of the molecule is Nc1ncc([N+](=O)[O-])cc1-n1cccn1. The molecule has 2 rings (SSSR count). The molecule has 7 nitrogen and oxygen atoms in total. The van der Waals surface area contributed by atoms with Crippen molar-refractivity contribution in [3.63, 3.8) is 0 Å². The van der Waals surface area contributed by atoms with Crippen molar-refractivity contribution in [1.82, 2.24) is 14.8 Å². The van der Waals surface area contributed by atoms with Crippen LogP contribution in [-0.4, -0.2) is 19.7 Å². The van der Waals surface area contributed by atoms with E-state index in [1.807, 2.05) is 0 Å². The maximum atomic E-state index is 10.5. The third-order valence-electron chi connectivity index (χ3n) is 1.84. The van der Waals surface area contributed by atoms with Gasteiger partial charge in [-0.15, -0.1) is 0 Å². The Morgan fingerprint density at radius 1 is 1.53 bits per heavy atom. The lowest BCUT2D eigenvalue weighted by molar-refractivity contribution is -0.385. The summed E-state index contributed by atoms with van der Waals surface area (Å²) in [5.41, 5.74) is 5.87. The Morgan fingerprint density at radius 3 is 2.93 bits per heavy atom. The Hall–Kier alpha value is -2.44. The van der Waals surface area contributed by atoms with Gasteiger partial charge >= 0.3 is 0 Å². The van der Waals surface area contributed by atoms with Gasteiger partial charge in [0.1, 0.15) is 17.7 Å². The predicted molar refractivity (Wildman–Crippen MR) is 52.4 cm³/mol. The van der Waals surface area contributed by atoms with Crippen LogP contribution in [0.2, 0.25) is 0 Å². The number of nitro groups is 1. The van der Waals surface area contributed by atoms with Gasteiger partial charge < -0.3 is 5.73 Å². The highest BCUT2D eigenvalue weighted by Gasteiger charge is 2.11. The monoisotopic (exact) mass is 205 g/mol. The molecule has 0 radical (unpaired) electrons. The van der Waals surface area contributed by atoms with Crippen molar-refractivity contribution >= 4 is 11.5 Å². The van der Waals surface area contributed by atoms with E-state index >= 15 is 0 Å². The molecule has 2 N–H and O–H groups in total. The van der Waals surface area contributed by atoms with Crippen LogP contribution in [0.5, 0.6) is 0 Å². The zero-order chi connectivity index (χ0) is 10.8. The molecule has 0 aliphatic rings. The second-order valence-corrected chi connectivity index (χ2v) is 2.81. The van der Waals surface area contributed by atoms with E-state index in [0.29, 0.717) is 5.69 Å². The largest absolute Gasteiger partial charge is 0.382 e. The number of hydrogen-bond acceptors (Lipinski definition) is 5. The van der Waals surface area contributed by atoms with Crippen molar-refractivity contribution < 1.29 is 4.92 Å². The van der Waals surface area contributed by atoms with Gasteiger partial charge in [-0.3, -0.25) is 10.1 Å². The van der Waals surface area contributed by atoms with E-state index in [2.05, 4.69) is 10.1 Å². The van der Waals surface area contributed by atoms with Crippen molar-refractivity contribution in [2.75, 3.05) is 5.73 Å². The highest BCUT2D eigenvalue weighted by Crippen LogP contribution is 2.19. The summed E-state index contributed by atoms with van der Waals surface area (Å²) in [6.45, 7) is 0. The maximum Gasteiger partial charge on any atom is 0.289 e. The molecule has 0 unspecified atom stereocenters. The third kappa shape index (κ3) is 1.62. The molecule has 76 valence electrons. The van der Waals surface area contributed by atoms with Crippen LogP contribution in [0.4, 0.5) is 11.5 Å². The summed E-state index contributed by atoms with van der Waals surface area (Å²) in [6.07, 6.45) is 4.30. The van der Waals surface area contributed by atoms with Gasteiger partial charge in [0.2, 0.25) is 0 Å². The summed E-state index contributed by atoms with van der Waals surface area (Å²) >= 11 is 0. The van der Waals surface area contributed by atoms with Crippen LogP contribution in [0.25, 0.3) is 5.69 Å². The van der Waals surface area contributed by atoms with Gasteiger partial charge in [0.05, 0.1) is 4.92 Å². The first-order valence-corrected chi connectivity index (χ1v) is 4.08. The van der Waals surface area contributed by atoms with E-state index in [1.165, 1.54) is 10.7 Å². The van der Waals surface area contributed by atoms with Crippen molar-refractivity contribution in [2.45, 2.75) is 0 Å². The Morgan fingerprint density at radius 2 is 2.33 bits per heavy atom. The van der Waals surface area contributed by atoms with Crippen molar-refractivity contribution in [2.24, 2.45) is 0 Å². The van der Waals surface area contributed by atoms with Crippen molar-refractivity contribution in [3.05, 3.63) is 40.8 Å². The van der Waals surface area contributed by atoms with Crippen LogP contribution < -0.4 is 5.73 Å². The fourth-order valence-corrected chi connectivity index (χ4v) is 1.15. The Balaban J connectivity index is 2.55. The number of nitrogens with zero attached hydrogens (tertiary/aromatic N) is 4. The molecular weight excluding hydrogens is 198 g/mol. The van der Waals surface area contributed by atoms with Crippen LogP contribution in [0.1, 0.15) is 0 Å². The fraction of sp³-hybridized carbons (Fsp3) is 0. The topological polar surface area (TPSA) is 99.9 Å². The normalized spacial score (nSPS) is 10.1. The maximum absolute atomic E-state index is 10.5. The molecule has 0 atom stereocenters. The average molecular weight is 205 g/mol. The molecule has 0 bridgehead atoms. The van der Waals surface area contributed by atoms with E-state index < -0.39 is 4.92 Å². The van der Waals surface area contributed by atoms with E-state index in [-0.39, 0.29) is 11.5 Å². The number of anilines is 1. The molecule has 2 aromatic heterocycles. The molecule has 7 heteroatoms. The lowest BCUT2D eigenvalue weighted by Crippen LogP contribution is -2.03. The Bertz CT molecular complexity index is 494. The molecular formula is C8H7N5O2. The van der Waals surface area contributed by atoms with E-state index in [9.17, 15) is 10.1 Å². The number of nitrogen functional groups attached to an aromatic ring is 1. The van der Waals surface area contributed by atoms with Crippen LogP contribution in [0.3, 0.4) is 0 Å². The molecule has 0 spiro atoms. The van der Waals surface area contributed by atoms with Crippen molar-refractivity contribution in [1.29, 1.82) is 0 Å². The highest BCUT2D eigenvalue weighted by atomic mass is 16.6. The molecule has 0 amide bonds. The average Bonchev–Trinajstić information content (AvgIpc) is 2.71. The minimum atomic E-state index is -0.528. The minimum Gasteiger partial charge on any atom is -0.382 e. The second kappa shape index (κ2) is 3.37. The minimum absolute atomic E-state index is 0.116. The second-order valence-electron chi connectivity index (χ2n) is 2.81. The van der Waals surface area contributed by atoms with E-state index in [1.54, 1.807) is 18.5 Å². The number of rotatable bonds is 2. The third-order valence-corrected chi connectivity index (χ3v) is 1.84. The summed E-state index contributed by atoms with van der Waals surface area (Å²) < 4.78 is 1.43. The smallest absolute Gasteiger partial charge is 0.289 e. The van der Waals surface area contributed by atoms with Gasteiger partial charge in [0.25, 0.3) is 5.69 Å². The molecule has 2 heterocycles. The van der Waals surface area contributed by atoms with Gasteiger partial charge in [-0.05, 0) is 6.07 Å². The zero-order valence-corrected chi connectivity index (χ0v) is 7.57. The Labute approximate surface area is 84.3 Å². The molecule has 0 aliphatic heterocycles.